The van der Waals surface area contributed by atoms with Crippen molar-refractivity contribution in [2.45, 2.75) is 64.8 Å². The molecule has 0 spiro atoms. The normalized spacial score (nSPS) is 16.5. The highest BCUT2D eigenvalue weighted by molar-refractivity contribution is 7.16. The van der Waals surface area contributed by atoms with Gasteiger partial charge in [0, 0.05) is 21.6 Å². The number of carbonyl (C=O) groups is 1. The highest BCUT2D eigenvalue weighted by atomic mass is 32.1. The molecule has 4 rings (SSSR count). The third kappa shape index (κ3) is 3.99. The van der Waals surface area contributed by atoms with Crippen LogP contribution in [0.15, 0.2) is 48.7 Å². The fourth-order valence-corrected chi connectivity index (χ4v) is 6.28. The Hall–Kier alpha value is -2.66. The fourth-order valence-electron chi connectivity index (χ4n) is 4.64. The smallest absolute Gasteiger partial charge is 0.549 e. The summed E-state index contributed by atoms with van der Waals surface area (Å²) in [6, 6.07) is 13.4. The molecule has 31 heavy (non-hydrogen) atoms. The number of hydrogen-bond acceptors (Lipinski definition) is 4. The molecule has 0 bridgehead atoms. The zero-order chi connectivity index (χ0) is 22.4. The topological polar surface area (TPSA) is 56.1 Å². The van der Waals surface area contributed by atoms with Crippen LogP contribution >= 0.6 is 11.3 Å². The predicted octanol–water partition coefficient (Wildman–Crippen LogP) is 6.00. The van der Waals surface area contributed by atoms with E-state index in [1.807, 2.05) is 47.9 Å². The molecule has 0 fully saturated rings. The van der Waals surface area contributed by atoms with Gasteiger partial charge in [-0.1, -0.05) is 33.8 Å². The molecule has 4 nitrogen and oxygen atoms in total. The number of thiophene rings is 1. The summed E-state index contributed by atoms with van der Waals surface area (Å²) in [5.41, 5.74) is 5.56. The molecule has 0 atom stereocenters. The minimum atomic E-state index is -0.658. The van der Waals surface area contributed by atoms with Gasteiger partial charge in [0.2, 0.25) is 0 Å². The number of carbonyl (C=O) groups excluding carboxylic acids is 1. The highest BCUT2D eigenvalue weighted by Gasteiger charge is 2.41. The van der Waals surface area contributed by atoms with Gasteiger partial charge in [0.15, 0.2) is 0 Å². The van der Waals surface area contributed by atoms with Gasteiger partial charge < -0.3 is 10.0 Å². The number of benzene rings is 1. The van der Waals surface area contributed by atoms with Gasteiger partial charge in [-0.05, 0) is 78.1 Å². The van der Waals surface area contributed by atoms with Crippen LogP contribution in [0.3, 0.4) is 0 Å². The summed E-state index contributed by atoms with van der Waals surface area (Å²) in [6.07, 6.45) is 4.20. The van der Waals surface area contributed by atoms with Crippen LogP contribution in [0, 0.1) is 6.92 Å². The SMILES string of the molecule is Cc1c(N(Cc2ccccn2)c2ccc(C(=O)[OH2+])cc2)sc2c1C(C)(C)CCC2(C)C. The first-order valence-electron chi connectivity index (χ1n) is 10.8. The number of fused-ring (bicyclic) bond motifs is 1. The molecule has 0 radical (unpaired) electrons. The third-order valence-electron chi connectivity index (χ3n) is 6.52. The van der Waals surface area contributed by atoms with Crippen molar-refractivity contribution in [2.24, 2.45) is 0 Å². The fraction of sp³-hybridized carbons (Fsp3) is 0.385. The van der Waals surface area contributed by atoms with Gasteiger partial charge in [0.1, 0.15) is 5.56 Å². The van der Waals surface area contributed by atoms with Crippen LogP contribution in [-0.2, 0) is 17.4 Å². The summed E-state index contributed by atoms with van der Waals surface area (Å²) < 4.78 is 0. The monoisotopic (exact) mass is 435 g/mol. The van der Waals surface area contributed by atoms with Gasteiger partial charge in [-0.15, -0.1) is 11.3 Å². The Morgan fingerprint density at radius 2 is 1.74 bits per heavy atom. The van der Waals surface area contributed by atoms with Crippen molar-refractivity contribution in [1.82, 2.24) is 4.98 Å². The summed E-state index contributed by atoms with van der Waals surface area (Å²) in [5, 5.41) is 8.63. The van der Waals surface area contributed by atoms with Crippen LogP contribution in [0.4, 0.5) is 10.7 Å². The van der Waals surface area contributed by atoms with E-state index in [4.69, 9.17) is 5.11 Å². The zero-order valence-corrected chi connectivity index (χ0v) is 19.8. The van der Waals surface area contributed by atoms with Gasteiger partial charge in [-0.3, -0.25) is 4.98 Å². The number of rotatable bonds is 5. The standard InChI is InChI=1S/C26H30N2O2S/c1-17-21-22(26(4,5)14-13-25(21,2)3)31-23(17)28(16-19-8-6-7-15-27-19)20-11-9-18(10-12-20)24(29)30/h6-12,15H,13-14,16H2,1-5H3,(H,29,30)/p+1. The average molecular weight is 436 g/mol. The van der Waals surface area contributed by atoms with E-state index in [0.717, 1.165) is 11.4 Å². The van der Waals surface area contributed by atoms with E-state index >= 15 is 0 Å². The lowest BCUT2D eigenvalue weighted by Crippen LogP contribution is -2.32. The molecule has 2 N–H and O–H groups in total. The largest absolute Gasteiger partial charge is 0.561 e. The van der Waals surface area contributed by atoms with E-state index in [1.54, 1.807) is 12.1 Å². The van der Waals surface area contributed by atoms with Crippen molar-refractivity contribution in [3.8, 4) is 0 Å². The molecule has 2 aromatic heterocycles. The molecule has 1 aliphatic carbocycles. The molecule has 0 unspecified atom stereocenters. The predicted molar refractivity (Wildman–Crippen MR) is 129 cm³/mol. The second kappa shape index (κ2) is 7.79. The summed E-state index contributed by atoms with van der Waals surface area (Å²) in [4.78, 5) is 19.8. The molecule has 1 aliphatic rings. The summed E-state index contributed by atoms with van der Waals surface area (Å²) in [5.74, 6) is -0.658. The molecular weight excluding hydrogens is 404 g/mol. The summed E-state index contributed by atoms with van der Waals surface area (Å²) >= 11 is 1.90. The summed E-state index contributed by atoms with van der Waals surface area (Å²) in [7, 11) is 0. The van der Waals surface area contributed by atoms with E-state index in [2.05, 4.69) is 44.5 Å². The van der Waals surface area contributed by atoms with E-state index < -0.39 is 5.97 Å². The number of anilines is 2. The minimum Gasteiger partial charge on any atom is -0.561 e. The van der Waals surface area contributed by atoms with Crippen molar-refractivity contribution in [1.29, 1.82) is 0 Å². The lowest BCUT2D eigenvalue weighted by molar-refractivity contribution is 0.0697. The third-order valence-corrected chi connectivity index (χ3v) is 8.20. The maximum atomic E-state index is 11.5. The molecule has 0 aliphatic heterocycles. The maximum absolute atomic E-state index is 11.5. The van der Waals surface area contributed by atoms with Crippen molar-refractivity contribution >= 4 is 28.0 Å². The van der Waals surface area contributed by atoms with Gasteiger partial charge in [0.25, 0.3) is 0 Å². The molecule has 1 aromatic carbocycles. The number of hydrogen-bond donors (Lipinski definition) is 0. The van der Waals surface area contributed by atoms with E-state index in [-0.39, 0.29) is 10.8 Å². The molecular formula is C26H31N2O2S+. The molecule has 2 heterocycles. The average Bonchev–Trinajstić information content (AvgIpc) is 3.10. The molecule has 162 valence electrons. The Kier molecular flexibility index (Phi) is 5.42. The zero-order valence-electron chi connectivity index (χ0n) is 19.0. The van der Waals surface area contributed by atoms with Crippen LogP contribution in [0.5, 0.6) is 0 Å². The Labute approximate surface area is 188 Å². The van der Waals surface area contributed by atoms with Crippen LogP contribution in [0.1, 0.15) is 72.6 Å². The van der Waals surface area contributed by atoms with Gasteiger partial charge in [-0.2, -0.15) is 0 Å². The van der Waals surface area contributed by atoms with Gasteiger partial charge in [-0.25, -0.2) is 0 Å². The molecule has 5 heteroatoms. The molecule has 0 amide bonds. The second-order valence-corrected chi connectivity index (χ2v) is 10.8. The Bertz CT molecular complexity index is 1100. The van der Waals surface area contributed by atoms with Crippen molar-refractivity contribution in [3.63, 3.8) is 0 Å². The van der Waals surface area contributed by atoms with Crippen LogP contribution in [0.2, 0.25) is 0 Å². The van der Waals surface area contributed by atoms with Crippen molar-refractivity contribution < 1.29 is 9.90 Å². The van der Waals surface area contributed by atoms with Crippen molar-refractivity contribution in [3.05, 3.63) is 75.9 Å². The van der Waals surface area contributed by atoms with E-state index in [9.17, 15) is 4.79 Å². The molecule has 0 saturated carbocycles. The molecule has 3 aromatic rings. The first-order valence-corrected chi connectivity index (χ1v) is 11.6. The highest BCUT2D eigenvalue weighted by Crippen LogP contribution is 2.54. The Balaban J connectivity index is 1.86. The Morgan fingerprint density at radius 3 is 2.32 bits per heavy atom. The van der Waals surface area contributed by atoms with E-state index in [1.165, 1.54) is 33.8 Å². The lowest BCUT2D eigenvalue weighted by atomic mass is 9.66. The quantitative estimate of drug-likeness (QED) is 0.462. The van der Waals surface area contributed by atoms with Crippen LogP contribution in [0.25, 0.3) is 0 Å². The number of nitrogens with zero attached hydrogens (tertiary/aromatic N) is 2. The van der Waals surface area contributed by atoms with Crippen LogP contribution in [-0.4, -0.2) is 16.1 Å². The van der Waals surface area contributed by atoms with Gasteiger partial charge in [0.05, 0.1) is 17.2 Å². The minimum absolute atomic E-state index is 0.155. The first kappa shape index (κ1) is 21.6. The Morgan fingerprint density at radius 1 is 1.06 bits per heavy atom. The second-order valence-electron chi connectivity index (χ2n) is 9.79. The first-order chi connectivity index (χ1) is 14.6. The number of pyridine rings is 1. The molecule has 0 saturated heterocycles. The van der Waals surface area contributed by atoms with E-state index in [0.29, 0.717) is 12.1 Å². The maximum Gasteiger partial charge on any atom is 0.549 e. The summed E-state index contributed by atoms with van der Waals surface area (Å²) in [6.45, 7) is 12.3. The lowest BCUT2D eigenvalue weighted by Gasteiger charge is -2.39. The van der Waals surface area contributed by atoms with Crippen molar-refractivity contribution in [2.75, 3.05) is 4.90 Å². The van der Waals surface area contributed by atoms with Crippen LogP contribution < -0.4 is 4.90 Å². The number of aromatic nitrogens is 1. The van der Waals surface area contributed by atoms with Gasteiger partial charge >= 0.3 is 5.97 Å².